The van der Waals surface area contributed by atoms with Crippen LogP contribution in [0.5, 0.6) is 0 Å². The van der Waals surface area contributed by atoms with E-state index in [1.165, 1.54) is 51.4 Å². The highest BCUT2D eigenvalue weighted by molar-refractivity contribution is 5.81. The van der Waals surface area contributed by atoms with Crippen molar-refractivity contribution < 1.29 is 4.79 Å². The Morgan fingerprint density at radius 1 is 1.06 bits per heavy atom. The molecule has 16 heavy (non-hydrogen) atoms. The first-order valence-electron chi connectivity index (χ1n) is 7.30. The number of ketones is 1. The van der Waals surface area contributed by atoms with E-state index in [0.29, 0.717) is 11.7 Å². The summed E-state index contributed by atoms with van der Waals surface area (Å²) in [6.07, 6.45) is 12.1. The summed E-state index contributed by atoms with van der Waals surface area (Å²) in [5, 5.41) is 0. The molecule has 1 nitrogen and oxygen atoms in total. The van der Waals surface area contributed by atoms with Crippen LogP contribution in [0.25, 0.3) is 0 Å². The summed E-state index contributed by atoms with van der Waals surface area (Å²) in [5.41, 5.74) is 0. The van der Waals surface area contributed by atoms with Gasteiger partial charge in [-0.25, -0.2) is 0 Å². The maximum absolute atomic E-state index is 11.9. The molecule has 0 N–H and O–H groups in total. The van der Waals surface area contributed by atoms with Crippen LogP contribution in [0, 0.1) is 11.8 Å². The second-order valence-electron chi connectivity index (χ2n) is 5.41. The van der Waals surface area contributed by atoms with Gasteiger partial charge in [0.1, 0.15) is 5.78 Å². The molecule has 0 heterocycles. The highest BCUT2D eigenvalue weighted by atomic mass is 16.1. The third-order valence-electron chi connectivity index (χ3n) is 4.10. The molecular formula is C15H28O. The fourth-order valence-corrected chi connectivity index (χ4v) is 2.85. The van der Waals surface area contributed by atoms with Crippen molar-refractivity contribution in [1.82, 2.24) is 0 Å². The van der Waals surface area contributed by atoms with E-state index in [9.17, 15) is 4.79 Å². The van der Waals surface area contributed by atoms with E-state index in [2.05, 4.69) is 13.8 Å². The lowest BCUT2D eigenvalue weighted by Crippen LogP contribution is -2.11. The van der Waals surface area contributed by atoms with E-state index < -0.39 is 0 Å². The van der Waals surface area contributed by atoms with Gasteiger partial charge in [0, 0.05) is 12.3 Å². The van der Waals surface area contributed by atoms with Crippen molar-refractivity contribution in [2.75, 3.05) is 0 Å². The van der Waals surface area contributed by atoms with E-state index >= 15 is 0 Å². The second kappa shape index (κ2) is 7.86. The van der Waals surface area contributed by atoms with Crippen molar-refractivity contribution in [3.05, 3.63) is 0 Å². The first kappa shape index (κ1) is 13.7. The molecule has 1 heteroatoms. The van der Waals surface area contributed by atoms with Gasteiger partial charge in [0.25, 0.3) is 0 Å². The molecule has 1 fully saturated rings. The average Bonchev–Trinajstić information content (AvgIpc) is 2.77. The average molecular weight is 224 g/mol. The zero-order valence-corrected chi connectivity index (χ0v) is 11.1. The summed E-state index contributed by atoms with van der Waals surface area (Å²) in [7, 11) is 0. The summed E-state index contributed by atoms with van der Waals surface area (Å²) >= 11 is 0. The molecule has 1 rings (SSSR count). The maximum atomic E-state index is 11.9. The van der Waals surface area contributed by atoms with Crippen LogP contribution >= 0.6 is 0 Å². The van der Waals surface area contributed by atoms with Crippen LogP contribution in [0.1, 0.15) is 78.1 Å². The van der Waals surface area contributed by atoms with Crippen molar-refractivity contribution in [3.8, 4) is 0 Å². The monoisotopic (exact) mass is 224 g/mol. The molecule has 0 spiro atoms. The Labute approximate surface area is 101 Å². The Kier molecular flexibility index (Phi) is 6.75. The highest BCUT2D eigenvalue weighted by Crippen LogP contribution is 2.34. The fraction of sp³-hybridized carbons (Fsp3) is 0.933. The summed E-state index contributed by atoms with van der Waals surface area (Å²) < 4.78 is 0. The SMILES string of the molecule is CCCCCCCC(=O)C1CCC(CC)C1. The Hall–Kier alpha value is -0.330. The van der Waals surface area contributed by atoms with Crippen molar-refractivity contribution >= 4 is 5.78 Å². The number of carbonyl (C=O) groups is 1. The van der Waals surface area contributed by atoms with Crippen LogP contribution in [0.15, 0.2) is 0 Å². The van der Waals surface area contributed by atoms with Crippen molar-refractivity contribution in [2.45, 2.75) is 78.1 Å². The minimum Gasteiger partial charge on any atom is -0.299 e. The zero-order chi connectivity index (χ0) is 11.8. The van der Waals surface area contributed by atoms with Gasteiger partial charge in [-0.2, -0.15) is 0 Å². The lowest BCUT2D eigenvalue weighted by atomic mass is 9.95. The van der Waals surface area contributed by atoms with Gasteiger partial charge >= 0.3 is 0 Å². The van der Waals surface area contributed by atoms with Crippen LogP contribution in [0.3, 0.4) is 0 Å². The van der Waals surface area contributed by atoms with Gasteiger partial charge in [-0.05, 0) is 31.6 Å². The van der Waals surface area contributed by atoms with Gasteiger partial charge in [-0.1, -0.05) is 46.0 Å². The van der Waals surface area contributed by atoms with Gasteiger partial charge in [-0.3, -0.25) is 4.79 Å². The minimum atomic E-state index is 0.427. The lowest BCUT2D eigenvalue weighted by molar-refractivity contribution is -0.122. The van der Waals surface area contributed by atoms with E-state index in [1.54, 1.807) is 0 Å². The molecule has 1 aliphatic rings. The molecule has 0 aromatic carbocycles. The molecule has 0 aromatic rings. The van der Waals surface area contributed by atoms with Crippen molar-refractivity contribution in [2.24, 2.45) is 11.8 Å². The molecule has 0 aliphatic heterocycles. The summed E-state index contributed by atoms with van der Waals surface area (Å²) in [6.45, 7) is 4.48. The number of hydrogen-bond donors (Lipinski definition) is 0. The van der Waals surface area contributed by atoms with Gasteiger partial charge < -0.3 is 0 Å². The summed E-state index contributed by atoms with van der Waals surface area (Å²) in [6, 6.07) is 0. The molecule has 0 radical (unpaired) electrons. The van der Waals surface area contributed by atoms with Crippen molar-refractivity contribution in [1.29, 1.82) is 0 Å². The minimum absolute atomic E-state index is 0.427. The largest absolute Gasteiger partial charge is 0.299 e. The number of carbonyl (C=O) groups excluding carboxylic acids is 1. The van der Waals surface area contributed by atoms with E-state index in [1.807, 2.05) is 0 Å². The maximum Gasteiger partial charge on any atom is 0.135 e. The Morgan fingerprint density at radius 2 is 1.81 bits per heavy atom. The van der Waals surface area contributed by atoms with Crippen LogP contribution < -0.4 is 0 Å². The molecule has 1 aliphatic carbocycles. The first-order valence-corrected chi connectivity index (χ1v) is 7.30. The number of Topliss-reactive ketones (excluding diaryl/α,β-unsaturated/α-hetero) is 1. The Bertz CT molecular complexity index is 198. The summed E-state index contributed by atoms with van der Waals surface area (Å²) in [4.78, 5) is 11.9. The van der Waals surface area contributed by atoms with Crippen LogP contribution in [0.2, 0.25) is 0 Å². The van der Waals surface area contributed by atoms with Crippen molar-refractivity contribution in [3.63, 3.8) is 0 Å². The molecule has 2 atom stereocenters. The Balaban J connectivity index is 2.06. The quantitative estimate of drug-likeness (QED) is 0.544. The van der Waals surface area contributed by atoms with Gasteiger partial charge in [-0.15, -0.1) is 0 Å². The van der Waals surface area contributed by atoms with Gasteiger partial charge in [0.05, 0.1) is 0 Å². The molecule has 0 amide bonds. The van der Waals surface area contributed by atoms with Gasteiger partial charge in [0.2, 0.25) is 0 Å². The molecule has 0 saturated heterocycles. The Morgan fingerprint density at radius 3 is 2.44 bits per heavy atom. The predicted octanol–water partition coefficient (Wildman–Crippen LogP) is 4.74. The number of rotatable bonds is 8. The van der Waals surface area contributed by atoms with E-state index in [0.717, 1.165) is 18.8 Å². The third kappa shape index (κ3) is 4.67. The number of hydrogen-bond acceptors (Lipinski definition) is 1. The molecule has 0 bridgehead atoms. The zero-order valence-electron chi connectivity index (χ0n) is 11.1. The number of unbranched alkanes of at least 4 members (excludes halogenated alkanes) is 4. The third-order valence-corrected chi connectivity index (χ3v) is 4.10. The first-order chi connectivity index (χ1) is 7.77. The smallest absolute Gasteiger partial charge is 0.135 e. The lowest BCUT2D eigenvalue weighted by Gasteiger charge is -2.08. The standard InChI is InChI=1S/C15H28O/c1-3-5-6-7-8-9-15(16)14-11-10-13(4-2)12-14/h13-14H,3-12H2,1-2H3. The molecule has 1 saturated carbocycles. The highest BCUT2D eigenvalue weighted by Gasteiger charge is 2.27. The molecule has 2 unspecified atom stereocenters. The molecule has 0 aromatic heterocycles. The van der Waals surface area contributed by atoms with Crippen LogP contribution in [-0.4, -0.2) is 5.78 Å². The van der Waals surface area contributed by atoms with Crippen LogP contribution in [0.4, 0.5) is 0 Å². The molecular weight excluding hydrogens is 196 g/mol. The predicted molar refractivity (Wildman–Crippen MR) is 69.5 cm³/mol. The van der Waals surface area contributed by atoms with E-state index in [4.69, 9.17) is 0 Å². The van der Waals surface area contributed by atoms with Crippen LogP contribution in [-0.2, 0) is 4.79 Å². The molecule has 94 valence electrons. The van der Waals surface area contributed by atoms with Gasteiger partial charge in [0.15, 0.2) is 0 Å². The van der Waals surface area contributed by atoms with E-state index in [-0.39, 0.29) is 0 Å². The second-order valence-corrected chi connectivity index (χ2v) is 5.41. The topological polar surface area (TPSA) is 17.1 Å². The normalized spacial score (nSPS) is 24.9. The summed E-state index contributed by atoms with van der Waals surface area (Å²) in [5.74, 6) is 1.83. The fourth-order valence-electron chi connectivity index (χ4n) is 2.85.